The van der Waals surface area contributed by atoms with E-state index in [0.29, 0.717) is 6.04 Å². The zero-order valence-corrected chi connectivity index (χ0v) is 13.3. The molecule has 0 spiro atoms. The molecule has 0 amide bonds. The lowest BCUT2D eigenvalue weighted by atomic mass is 9.97. The van der Waals surface area contributed by atoms with Crippen molar-refractivity contribution in [2.24, 2.45) is 0 Å². The summed E-state index contributed by atoms with van der Waals surface area (Å²) in [5.74, 6) is 0. The first kappa shape index (κ1) is 15.1. The number of nitrogens with zero attached hydrogens (tertiary/aromatic N) is 2. The fourth-order valence-electron chi connectivity index (χ4n) is 2.40. The highest BCUT2D eigenvalue weighted by Gasteiger charge is 2.16. The fraction of sp³-hybridized carbons (Fsp3) is 0.500. The third-order valence-electron chi connectivity index (χ3n) is 3.42. The third-order valence-corrected chi connectivity index (χ3v) is 4.24. The van der Waals surface area contributed by atoms with Gasteiger partial charge in [-0.05, 0) is 43.5 Å². The minimum absolute atomic E-state index is 0.328. The highest BCUT2D eigenvalue weighted by atomic mass is 32.1. The maximum absolute atomic E-state index is 4.60. The largest absolute Gasteiger partial charge is 0.310 e. The van der Waals surface area contributed by atoms with E-state index in [1.54, 1.807) is 11.3 Å². The van der Waals surface area contributed by atoms with Gasteiger partial charge in [-0.25, -0.2) is 4.98 Å². The molecule has 4 heteroatoms. The summed E-state index contributed by atoms with van der Waals surface area (Å²) in [5, 5.41) is 6.96. The molecule has 0 radical (unpaired) electrons. The van der Waals surface area contributed by atoms with Gasteiger partial charge >= 0.3 is 0 Å². The van der Waals surface area contributed by atoms with Crippen LogP contribution in [-0.4, -0.2) is 16.5 Å². The topological polar surface area (TPSA) is 37.8 Å². The van der Waals surface area contributed by atoms with E-state index in [2.05, 4.69) is 47.5 Å². The summed E-state index contributed by atoms with van der Waals surface area (Å²) in [4.78, 5) is 8.85. The van der Waals surface area contributed by atoms with Gasteiger partial charge in [0.05, 0.1) is 10.7 Å². The van der Waals surface area contributed by atoms with E-state index >= 15 is 0 Å². The Morgan fingerprint density at radius 3 is 2.85 bits per heavy atom. The standard InChI is InChI=1S/C16H23N3S/c1-4-7-18-16(9-14-11-20-12(3)19-14)15-6-8-17-10-13(15)5-2/h6,8,10-11,16,18H,4-5,7,9H2,1-3H3. The van der Waals surface area contributed by atoms with Gasteiger partial charge in [0.25, 0.3) is 0 Å². The Balaban J connectivity index is 2.22. The summed E-state index contributed by atoms with van der Waals surface area (Å²) in [7, 11) is 0. The Morgan fingerprint density at radius 2 is 2.20 bits per heavy atom. The normalized spacial score (nSPS) is 12.6. The molecule has 0 aliphatic rings. The molecule has 0 fully saturated rings. The van der Waals surface area contributed by atoms with Crippen molar-refractivity contribution in [3.8, 4) is 0 Å². The Labute approximate surface area is 125 Å². The number of aromatic nitrogens is 2. The molecule has 0 aromatic carbocycles. The molecular weight excluding hydrogens is 266 g/mol. The van der Waals surface area contributed by atoms with Crippen LogP contribution in [0.2, 0.25) is 0 Å². The van der Waals surface area contributed by atoms with Gasteiger partial charge in [-0.1, -0.05) is 13.8 Å². The summed E-state index contributed by atoms with van der Waals surface area (Å²) in [6.45, 7) is 7.47. The van der Waals surface area contributed by atoms with Crippen LogP contribution >= 0.6 is 11.3 Å². The summed E-state index contributed by atoms with van der Waals surface area (Å²) < 4.78 is 0. The lowest BCUT2D eigenvalue weighted by Gasteiger charge is -2.20. The molecule has 20 heavy (non-hydrogen) atoms. The Kier molecular flexibility index (Phi) is 5.68. The number of hydrogen-bond acceptors (Lipinski definition) is 4. The van der Waals surface area contributed by atoms with Crippen molar-refractivity contribution < 1.29 is 0 Å². The van der Waals surface area contributed by atoms with Crippen LogP contribution < -0.4 is 5.32 Å². The van der Waals surface area contributed by atoms with Crippen molar-refractivity contribution in [2.45, 2.75) is 46.1 Å². The average Bonchev–Trinajstić information content (AvgIpc) is 2.88. The maximum Gasteiger partial charge on any atom is 0.0897 e. The summed E-state index contributed by atoms with van der Waals surface area (Å²) in [6.07, 6.45) is 6.98. The average molecular weight is 289 g/mol. The van der Waals surface area contributed by atoms with E-state index < -0.39 is 0 Å². The van der Waals surface area contributed by atoms with Crippen molar-refractivity contribution >= 4 is 11.3 Å². The number of pyridine rings is 1. The molecule has 0 saturated heterocycles. The van der Waals surface area contributed by atoms with Gasteiger partial charge in [0.1, 0.15) is 0 Å². The van der Waals surface area contributed by atoms with Gasteiger partial charge in [0, 0.05) is 30.2 Å². The van der Waals surface area contributed by atoms with E-state index in [1.807, 2.05) is 12.4 Å². The van der Waals surface area contributed by atoms with Crippen molar-refractivity contribution in [3.05, 3.63) is 45.7 Å². The Hall–Kier alpha value is -1.26. The van der Waals surface area contributed by atoms with E-state index in [1.165, 1.54) is 16.8 Å². The number of aryl methyl sites for hydroxylation is 2. The van der Waals surface area contributed by atoms with Crippen LogP contribution in [0, 0.1) is 6.92 Å². The van der Waals surface area contributed by atoms with Crippen LogP contribution in [0.25, 0.3) is 0 Å². The predicted octanol–water partition coefficient (Wildman–Crippen LogP) is 3.69. The zero-order chi connectivity index (χ0) is 14.4. The first-order valence-corrected chi connectivity index (χ1v) is 8.19. The summed E-state index contributed by atoms with van der Waals surface area (Å²) in [5.41, 5.74) is 3.87. The zero-order valence-electron chi connectivity index (χ0n) is 12.5. The first-order chi connectivity index (χ1) is 9.74. The number of nitrogens with one attached hydrogen (secondary N) is 1. The first-order valence-electron chi connectivity index (χ1n) is 7.31. The highest BCUT2D eigenvalue weighted by molar-refractivity contribution is 7.09. The van der Waals surface area contributed by atoms with Crippen LogP contribution in [0.1, 0.15) is 48.1 Å². The second-order valence-electron chi connectivity index (χ2n) is 5.00. The summed E-state index contributed by atoms with van der Waals surface area (Å²) >= 11 is 1.72. The van der Waals surface area contributed by atoms with Crippen LogP contribution in [0.4, 0.5) is 0 Å². The molecule has 2 rings (SSSR count). The van der Waals surface area contributed by atoms with Crippen LogP contribution in [0.3, 0.4) is 0 Å². The molecule has 0 aliphatic carbocycles. The van der Waals surface area contributed by atoms with Gasteiger partial charge in [0.2, 0.25) is 0 Å². The third kappa shape index (κ3) is 3.87. The molecule has 108 valence electrons. The molecule has 1 unspecified atom stereocenters. The molecule has 1 N–H and O–H groups in total. The second-order valence-corrected chi connectivity index (χ2v) is 6.06. The minimum Gasteiger partial charge on any atom is -0.310 e. The van der Waals surface area contributed by atoms with E-state index in [4.69, 9.17) is 0 Å². The van der Waals surface area contributed by atoms with Crippen LogP contribution in [0.15, 0.2) is 23.8 Å². The minimum atomic E-state index is 0.328. The molecule has 0 aliphatic heterocycles. The van der Waals surface area contributed by atoms with Gasteiger partial charge in [-0.3, -0.25) is 4.98 Å². The molecule has 0 saturated carbocycles. The van der Waals surface area contributed by atoms with Gasteiger partial charge in [-0.15, -0.1) is 11.3 Å². The quantitative estimate of drug-likeness (QED) is 0.844. The SMILES string of the molecule is CCCNC(Cc1csc(C)n1)c1ccncc1CC. The lowest BCUT2D eigenvalue weighted by Crippen LogP contribution is -2.25. The molecule has 1 atom stereocenters. The van der Waals surface area contributed by atoms with E-state index in [0.717, 1.165) is 30.8 Å². The van der Waals surface area contributed by atoms with Gasteiger partial charge < -0.3 is 5.32 Å². The molecule has 2 aromatic heterocycles. The van der Waals surface area contributed by atoms with Crippen LogP contribution in [-0.2, 0) is 12.8 Å². The number of thiazole rings is 1. The van der Waals surface area contributed by atoms with Crippen molar-refractivity contribution in [3.63, 3.8) is 0 Å². The van der Waals surface area contributed by atoms with Crippen molar-refractivity contribution in [1.82, 2.24) is 15.3 Å². The molecule has 2 aromatic rings. The fourth-order valence-corrected chi connectivity index (χ4v) is 3.02. The Morgan fingerprint density at radius 1 is 1.35 bits per heavy atom. The van der Waals surface area contributed by atoms with Gasteiger partial charge in [0.15, 0.2) is 0 Å². The van der Waals surface area contributed by atoms with Gasteiger partial charge in [-0.2, -0.15) is 0 Å². The molecular formula is C16H23N3S. The molecule has 0 bridgehead atoms. The van der Waals surface area contributed by atoms with Crippen molar-refractivity contribution in [2.75, 3.05) is 6.54 Å². The maximum atomic E-state index is 4.60. The predicted molar refractivity (Wildman–Crippen MR) is 85.2 cm³/mol. The van der Waals surface area contributed by atoms with E-state index in [-0.39, 0.29) is 0 Å². The number of hydrogen-bond donors (Lipinski definition) is 1. The second kappa shape index (κ2) is 7.50. The van der Waals surface area contributed by atoms with Crippen molar-refractivity contribution in [1.29, 1.82) is 0 Å². The molecule has 2 heterocycles. The van der Waals surface area contributed by atoms with Crippen LogP contribution in [0.5, 0.6) is 0 Å². The van der Waals surface area contributed by atoms with E-state index in [9.17, 15) is 0 Å². The Bertz CT molecular complexity index is 536. The smallest absolute Gasteiger partial charge is 0.0897 e. The lowest BCUT2D eigenvalue weighted by molar-refractivity contribution is 0.521. The highest BCUT2D eigenvalue weighted by Crippen LogP contribution is 2.23. The monoisotopic (exact) mass is 289 g/mol. The summed E-state index contributed by atoms with van der Waals surface area (Å²) in [6, 6.07) is 2.47. The number of rotatable bonds is 7. The molecule has 3 nitrogen and oxygen atoms in total.